The molecular weight excluding hydrogens is 396 g/mol. The highest BCUT2D eigenvalue weighted by Gasteiger charge is 2.26. The minimum Gasteiger partial charge on any atom is -0.342 e. The van der Waals surface area contributed by atoms with Crippen LogP contribution in [-0.4, -0.2) is 38.7 Å². The van der Waals surface area contributed by atoms with Gasteiger partial charge in [-0.2, -0.15) is 5.10 Å². The Hall–Kier alpha value is -3.06. The van der Waals surface area contributed by atoms with Crippen LogP contribution in [0, 0.1) is 0 Å². The summed E-state index contributed by atoms with van der Waals surface area (Å²) in [6.07, 6.45) is 3.75. The molecule has 0 aliphatic carbocycles. The molecule has 6 nitrogen and oxygen atoms in total. The van der Waals surface area contributed by atoms with Gasteiger partial charge in [0.05, 0.1) is 33.5 Å². The summed E-state index contributed by atoms with van der Waals surface area (Å²) in [5.74, 6) is 0.428. The molecular formula is C23H22N4O2S. The number of nitrogens with zero attached hydrogens (tertiary/aromatic N) is 4. The van der Waals surface area contributed by atoms with Gasteiger partial charge >= 0.3 is 0 Å². The second kappa shape index (κ2) is 7.99. The van der Waals surface area contributed by atoms with E-state index in [1.54, 1.807) is 22.1 Å². The molecule has 3 heterocycles. The number of hydrogen-bond donors (Lipinski definition) is 0. The van der Waals surface area contributed by atoms with Crippen molar-refractivity contribution in [2.24, 2.45) is 0 Å². The first kappa shape index (κ1) is 18.9. The number of hydrogen-bond acceptors (Lipinski definition) is 5. The summed E-state index contributed by atoms with van der Waals surface area (Å²) >= 11 is 1.74. The van der Waals surface area contributed by atoms with Gasteiger partial charge in [0.25, 0.3) is 0 Å². The number of para-hydroxylation sites is 2. The van der Waals surface area contributed by atoms with Gasteiger partial charge in [0.2, 0.25) is 11.3 Å². The number of likely N-dealkylation sites (tertiary alicyclic amines) is 1. The molecule has 1 atom stereocenters. The lowest BCUT2D eigenvalue weighted by Crippen LogP contribution is -2.39. The summed E-state index contributed by atoms with van der Waals surface area (Å²) < 4.78 is 2.95. The zero-order chi connectivity index (χ0) is 20.5. The summed E-state index contributed by atoms with van der Waals surface area (Å²) in [7, 11) is 0. The largest absolute Gasteiger partial charge is 0.342 e. The fourth-order valence-electron chi connectivity index (χ4n) is 4.17. The monoisotopic (exact) mass is 418 g/mol. The van der Waals surface area contributed by atoms with Gasteiger partial charge in [0.1, 0.15) is 0 Å². The number of thiazole rings is 1. The van der Waals surface area contributed by atoms with Gasteiger partial charge in [-0.1, -0.05) is 24.3 Å². The number of fused-ring (bicyclic) bond motifs is 2. The number of aryl methyl sites for hydroxylation is 1. The third kappa shape index (κ3) is 3.61. The van der Waals surface area contributed by atoms with Crippen LogP contribution in [0.1, 0.15) is 30.2 Å². The number of carbonyl (C=O) groups is 1. The molecule has 4 aromatic rings. The lowest BCUT2D eigenvalue weighted by molar-refractivity contribution is -0.132. The van der Waals surface area contributed by atoms with Crippen molar-refractivity contribution in [2.75, 3.05) is 13.1 Å². The lowest BCUT2D eigenvalue weighted by atomic mass is 9.98. The van der Waals surface area contributed by atoms with E-state index in [1.165, 1.54) is 10.9 Å². The molecule has 0 bridgehead atoms. The van der Waals surface area contributed by atoms with Crippen molar-refractivity contribution in [1.29, 1.82) is 0 Å². The van der Waals surface area contributed by atoms with Crippen LogP contribution in [0.2, 0.25) is 0 Å². The van der Waals surface area contributed by atoms with E-state index in [-0.39, 0.29) is 11.3 Å². The van der Waals surface area contributed by atoms with Crippen molar-refractivity contribution < 1.29 is 4.79 Å². The first-order valence-corrected chi connectivity index (χ1v) is 11.1. The fraction of sp³-hybridized carbons (Fsp3) is 0.304. The van der Waals surface area contributed by atoms with E-state index in [2.05, 4.69) is 11.2 Å². The number of amides is 1. The maximum absolute atomic E-state index is 12.9. The smallest absolute Gasteiger partial charge is 0.224 e. The van der Waals surface area contributed by atoms with Gasteiger partial charge < -0.3 is 4.90 Å². The number of rotatable bonds is 4. The van der Waals surface area contributed by atoms with Crippen LogP contribution >= 0.6 is 11.3 Å². The zero-order valence-corrected chi connectivity index (χ0v) is 17.3. The highest BCUT2D eigenvalue weighted by molar-refractivity contribution is 7.18. The second-order valence-electron chi connectivity index (χ2n) is 7.70. The van der Waals surface area contributed by atoms with Crippen LogP contribution in [0.3, 0.4) is 0 Å². The minimum absolute atomic E-state index is 0.0946. The molecule has 0 unspecified atom stereocenters. The van der Waals surface area contributed by atoms with E-state index >= 15 is 0 Å². The Balaban J connectivity index is 1.28. The average Bonchev–Trinajstić information content (AvgIpc) is 3.23. The molecule has 1 amide bonds. The number of aromatic nitrogens is 3. The molecule has 1 aliphatic heterocycles. The Morgan fingerprint density at radius 2 is 1.97 bits per heavy atom. The second-order valence-corrected chi connectivity index (χ2v) is 8.76. The van der Waals surface area contributed by atoms with Gasteiger partial charge in [0.15, 0.2) is 0 Å². The number of carbonyl (C=O) groups excluding carboxylic acids is 1. The molecule has 2 aromatic carbocycles. The molecule has 1 aliphatic rings. The average molecular weight is 419 g/mol. The number of piperidine rings is 1. The van der Waals surface area contributed by atoms with E-state index in [4.69, 9.17) is 4.98 Å². The van der Waals surface area contributed by atoms with Gasteiger partial charge in [-0.15, -0.1) is 11.3 Å². The first-order valence-electron chi connectivity index (χ1n) is 10.3. The summed E-state index contributed by atoms with van der Waals surface area (Å²) in [5, 5.41) is 6.00. The van der Waals surface area contributed by atoms with Crippen LogP contribution in [-0.2, 0) is 11.3 Å². The maximum atomic E-state index is 12.9. The highest BCUT2D eigenvalue weighted by Crippen LogP contribution is 2.33. The van der Waals surface area contributed by atoms with Crippen molar-refractivity contribution in [2.45, 2.75) is 31.7 Å². The lowest BCUT2D eigenvalue weighted by Gasteiger charge is -2.32. The van der Waals surface area contributed by atoms with Gasteiger partial charge in [0, 0.05) is 30.8 Å². The first-order chi connectivity index (χ1) is 14.7. The summed E-state index contributed by atoms with van der Waals surface area (Å²) in [6, 6.07) is 15.6. The topological polar surface area (TPSA) is 68.1 Å². The molecule has 0 N–H and O–H groups in total. The molecule has 152 valence electrons. The van der Waals surface area contributed by atoms with Crippen LogP contribution in [0.25, 0.3) is 21.1 Å². The van der Waals surface area contributed by atoms with Gasteiger partial charge in [-0.05, 0) is 37.1 Å². The molecule has 30 heavy (non-hydrogen) atoms. The molecule has 7 heteroatoms. The molecule has 2 aromatic heterocycles. The van der Waals surface area contributed by atoms with Crippen molar-refractivity contribution in [3.63, 3.8) is 0 Å². The SMILES string of the molecule is O=C(CCn1ncc(=O)c2ccccc21)N1CCC[C@H](c2nc3ccccc3s2)C1. The quantitative estimate of drug-likeness (QED) is 0.506. The zero-order valence-electron chi connectivity index (χ0n) is 16.5. The predicted octanol–water partition coefficient (Wildman–Crippen LogP) is 3.80. The van der Waals surface area contributed by atoms with Crippen LogP contribution in [0.15, 0.2) is 59.5 Å². The Bertz CT molecular complexity index is 1250. The number of benzene rings is 2. The van der Waals surface area contributed by atoms with E-state index in [1.807, 2.05) is 41.3 Å². The molecule has 0 radical (unpaired) electrons. The Kier molecular flexibility index (Phi) is 5.04. The Labute approximate surface area is 177 Å². The molecule has 1 fully saturated rings. The van der Waals surface area contributed by atoms with Gasteiger partial charge in [-0.25, -0.2) is 4.98 Å². The van der Waals surface area contributed by atoms with E-state index in [0.717, 1.165) is 42.0 Å². The van der Waals surface area contributed by atoms with Crippen LogP contribution < -0.4 is 5.43 Å². The van der Waals surface area contributed by atoms with Crippen molar-refractivity contribution >= 4 is 38.4 Å². The summed E-state index contributed by atoms with van der Waals surface area (Å²) in [4.78, 5) is 31.7. The van der Waals surface area contributed by atoms with E-state index in [9.17, 15) is 9.59 Å². The summed E-state index contributed by atoms with van der Waals surface area (Å²) in [6.45, 7) is 1.97. The van der Waals surface area contributed by atoms with Crippen molar-refractivity contribution in [1.82, 2.24) is 19.7 Å². The molecule has 5 rings (SSSR count). The normalized spacial score (nSPS) is 16.9. The standard InChI is InChI=1S/C23H22N4O2S/c28-20-14-24-27(19-9-3-1-7-17(19)20)13-11-22(29)26-12-5-6-16(15-26)23-25-18-8-2-4-10-21(18)30-23/h1-4,7-10,14,16H,5-6,11-13,15H2/t16-/m0/s1. The highest BCUT2D eigenvalue weighted by atomic mass is 32.1. The predicted molar refractivity (Wildman–Crippen MR) is 119 cm³/mol. The third-order valence-electron chi connectivity index (χ3n) is 5.73. The third-order valence-corrected chi connectivity index (χ3v) is 6.93. The van der Waals surface area contributed by atoms with Crippen molar-refractivity contribution in [3.8, 4) is 0 Å². The van der Waals surface area contributed by atoms with E-state index < -0.39 is 0 Å². The molecule has 0 saturated carbocycles. The van der Waals surface area contributed by atoms with Gasteiger partial charge in [-0.3, -0.25) is 14.3 Å². The van der Waals surface area contributed by atoms with Crippen molar-refractivity contribution in [3.05, 3.63) is 70.0 Å². The molecule has 1 saturated heterocycles. The van der Waals surface area contributed by atoms with Crippen LogP contribution in [0.5, 0.6) is 0 Å². The molecule has 0 spiro atoms. The maximum Gasteiger partial charge on any atom is 0.224 e. The Morgan fingerprint density at radius 1 is 1.13 bits per heavy atom. The van der Waals surface area contributed by atoms with E-state index in [0.29, 0.717) is 24.3 Å². The summed E-state index contributed by atoms with van der Waals surface area (Å²) in [5.41, 5.74) is 1.71. The Morgan fingerprint density at radius 3 is 2.87 bits per heavy atom. The van der Waals surface area contributed by atoms with Crippen LogP contribution in [0.4, 0.5) is 0 Å². The fourth-order valence-corrected chi connectivity index (χ4v) is 5.26. The minimum atomic E-state index is -0.0946.